The van der Waals surface area contributed by atoms with Crippen molar-refractivity contribution in [2.75, 3.05) is 13.1 Å². The lowest BCUT2D eigenvalue weighted by molar-refractivity contribution is 0.0673. The summed E-state index contributed by atoms with van der Waals surface area (Å²) < 4.78 is 7.27. The summed E-state index contributed by atoms with van der Waals surface area (Å²) in [6, 6.07) is 7.74. The number of rotatable bonds is 3. The number of carbonyl (C=O) groups excluding carboxylic acids is 1. The van der Waals surface area contributed by atoms with Crippen molar-refractivity contribution in [2.45, 2.75) is 25.8 Å². The molecule has 1 atom stereocenters. The fourth-order valence-corrected chi connectivity index (χ4v) is 3.31. The highest BCUT2D eigenvalue weighted by Gasteiger charge is 2.26. The normalized spacial score (nSPS) is 17.6. The van der Waals surface area contributed by atoms with Crippen LogP contribution >= 0.6 is 0 Å². The van der Waals surface area contributed by atoms with Gasteiger partial charge in [-0.05, 0) is 37.5 Å². The van der Waals surface area contributed by atoms with Crippen LogP contribution in [0.4, 0.5) is 0 Å². The van der Waals surface area contributed by atoms with Crippen LogP contribution in [-0.4, -0.2) is 38.7 Å². The first-order chi connectivity index (χ1) is 12.2. The van der Waals surface area contributed by atoms with Crippen LogP contribution in [0, 0.1) is 6.92 Å². The van der Waals surface area contributed by atoms with Gasteiger partial charge in [-0.2, -0.15) is 5.10 Å². The lowest BCUT2D eigenvalue weighted by Gasteiger charge is -2.33. The van der Waals surface area contributed by atoms with Gasteiger partial charge in [-0.25, -0.2) is 4.98 Å². The molecule has 0 spiro atoms. The molecular formula is C19H20N4O2. The number of piperidine rings is 1. The summed E-state index contributed by atoms with van der Waals surface area (Å²) in [5.74, 6) is 0.767. The first-order valence-electron chi connectivity index (χ1n) is 8.49. The molecule has 2 aromatic heterocycles. The molecule has 0 saturated carbocycles. The average molecular weight is 336 g/mol. The number of nitrogens with zero attached hydrogens (tertiary/aromatic N) is 4. The molecule has 25 heavy (non-hydrogen) atoms. The van der Waals surface area contributed by atoms with Gasteiger partial charge in [-0.1, -0.05) is 12.1 Å². The highest BCUT2D eigenvalue weighted by atomic mass is 16.3. The first kappa shape index (κ1) is 15.6. The van der Waals surface area contributed by atoms with Gasteiger partial charge in [0.05, 0.1) is 18.4 Å². The minimum atomic E-state index is 0.0673. The van der Waals surface area contributed by atoms with Gasteiger partial charge in [0.15, 0.2) is 12.2 Å². The van der Waals surface area contributed by atoms with Crippen LogP contribution in [0.15, 0.2) is 53.7 Å². The number of amides is 1. The highest BCUT2D eigenvalue weighted by molar-refractivity contribution is 5.94. The van der Waals surface area contributed by atoms with Crippen molar-refractivity contribution in [1.82, 2.24) is 19.7 Å². The van der Waals surface area contributed by atoms with Crippen LogP contribution in [0.25, 0.3) is 11.3 Å². The van der Waals surface area contributed by atoms with Crippen LogP contribution in [-0.2, 0) is 0 Å². The van der Waals surface area contributed by atoms with Gasteiger partial charge in [0.1, 0.15) is 0 Å². The molecule has 1 aromatic carbocycles. The van der Waals surface area contributed by atoms with E-state index in [0.29, 0.717) is 17.9 Å². The molecule has 4 rings (SSSR count). The second-order valence-corrected chi connectivity index (χ2v) is 6.49. The van der Waals surface area contributed by atoms with Crippen LogP contribution in [0.1, 0.15) is 34.8 Å². The van der Waals surface area contributed by atoms with Crippen LogP contribution in [0.2, 0.25) is 0 Å². The maximum atomic E-state index is 12.8. The summed E-state index contributed by atoms with van der Waals surface area (Å²) in [6.45, 7) is 3.52. The third-order valence-corrected chi connectivity index (χ3v) is 4.64. The predicted molar refractivity (Wildman–Crippen MR) is 93.1 cm³/mol. The van der Waals surface area contributed by atoms with Crippen LogP contribution in [0.3, 0.4) is 0 Å². The summed E-state index contributed by atoms with van der Waals surface area (Å²) in [7, 11) is 0. The number of benzene rings is 1. The number of aryl methyl sites for hydroxylation is 1. The summed E-state index contributed by atoms with van der Waals surface area (Å²) in [4.78, 5) is 18.7. The Morgan fingerprint density at radius 3 is 2.76 bits per heavy atom. The van der Waals surface area contributed by atoms with Gasteiger partial charge >= 0.3 is 0 Å². The molecule has 0 N–H and O–H groups in total. The van der Waals surface area contributed by atoms with Gasteiger partial charge in [0.2, 0.25) is 0 Å². The van der Waals surface area contributed by atoms with Crippen molar-refractivity contribution < 1.29 is 9.21 Å². The molecule has 1 aliphatic rings. The zero-order chi connectivity index (χ0) is 17.2. The van der Waals surface area contributed by atoms with E-state index in [-0.39, 0.29) is 11.9 Å². The number of hydrogen-bond donors (Lipinski definition) is 0. The quantitative estimate of drug-likeness (QED) is 0.736. The largest absolute Gasteiger partial charge is 0.444 e. The summed E-state index contributed by atoms with van der Waals surface area (Å²) >= 11 is 0. The molecule has 1 aliphatic heterocycles. The summed E-state index contributed by atoms with van der Waals surface area (Å²) in [6.07, 6.45) is 9.02. The molecule has 1 fully saturated rings. The first-order valence-corrected chi connectivity index (χ1v) is 8.49. The molecule has 1 amide bonds. The average Bonchev–Trinajstić information content (AvgIpc) is 3.33. The lowest BCUT2D eigenvalue weighted by atomic mass is 10.0. The van der Waals surface area contributed by atoms with E-state index < -0.39 is 0 Å². The van der Waals surface area contributed by atoms with Crippen molar-refractivity contribution in [3.05, 3.63) is 60.4 Å². The Kier molecular flexibility index (Phi) is 4.09. The van der Waals surface area contributed by atoms with E-state index in [1.54, 1.807) is 6.20 Å². The maximum absolute atomic E-state index is 12.8. The van der Waals surface area contributed by atoms with Crippen LogP contribution < -0.4 is 0 Å². The van der Waals surface area contributed by atoms with Gasteiger partial charge in [0, 0.05) is 30.4 Å². The van der Waals surface area contributed by atoms with Gasteiger partial charge in [0.25, 0.3) is 5.91 Å². The fourth-order valence-electron chi connectivity index (χ4n) is 3.31. The maximum Gasteiger partial charge on any atom is 0.253 e. The standard InChI is InChI=1S/C19H20N4O2/c1-14-9-21-23(11-14)17-3-2-8-22(12-17)19(24)16-6-4-15(5-7-16)18-10-20-13-25-18/h4-7,9-11,13,17H,2-3,8,12H2,1H3. The Hall–Kier alpha value is -2.89. The number of aromatic nitrogens is 3. The van der Waals surface area contributed by atoms with Crippen molar-refractivity contribution in [3.8, 4) is 11.3 Å². The molecule has 3 heterocycles. The number of hydrogen-bond acceptors (Lipinski definition) is 4. The molecule has 3 aromatic rings. The molecular weight excluding hydrogens is 316 g/mol. The minimum Gasteiger partial charge on any atom is -0.444 e. The Morgan fingerprint density at radius 2 is 2.08 bits per heavy atom. The van der Waals surface area contributed by atoms with Crippen molar-refractivity contribution in [3.63, 3.8) is 0 Å². The SMILES string of the molecule is Cc1cnn(C2CCCN(C(=O)c3ccc(-c4cnco4)cc3)C2)c1. The molecule has 6 nitrogen and oxygen atoms in total. The molecule has 128 valence electrons. The number of oxazole rings is 1. The van der Waals surface area contributed by atoms with Gasteiger partial charge in [-0.3, -0.25) is 9.48 Å². The zero-order valence-corrected chi connectivity index (χ0v) is 14.1. The highest BCUT2D eigenvalue weighted by Crippen LogP contribution is 2.24. The van der Waals surface area contributed by atoms with E-state index in [9.17, 15) is 4.79 Å². The third-order valence-electron chi connectivity index (χ3n) is 4.64. The molecule has 0 aliphatic carbocycles. The second-order valence-electron chi connectivity index (χ2n) is 6.49. The molecule has 1 unspecified atom stereocenters. The molecule has 0 radical (unpaired) electrons. The topological polar surface area (TPSA) is 64.2 Å². The monoisotopic (exact) mass is 336 g/mol. The predicted octanol–water partition coefficient (Wildman–Crippen LogP) is 3.32. The lowest BCUT2D eigenvalue weighted by Crippen LogP contribution is -2.40. The Morgan fingerprint density at radius 1 is 1.24 bits per heavy atom. The summed E-state index contributed by atoms with van der Waals surface area (Å²) in [5, 5.41) is 4.41. The Balaban J connectivity index is 1.48. The number of likely N-dealkylation sites (tertiary alicyclic amines) is 1. The van der Waals surface area contributed by atoms with Gasteiger partial charge < -0.3 is 9.32 Å². The molecule has 0 bridgehead atoms. The Labute approximate surface area is 146 Å². The minimum absolute atomic E-state index is 0.0673. The van der Waals surface area contributed by atoms with E-state index in [0.717, 1.165) is 30.5 Å². The summed E-state index contributed by atoms with van der Waals surface area (Å²) in [5.41, 5.74) is 2.75. The zero-order valence-electron chi connectivity index (χ0n) is 14.1. The smallest absolute Gasteiger partial charge is 0.253 e. The second kappa shape index (κ2) is 6.55. The number of carbonyl (C=O) groups is 1. The van der Waals surface area contributed by atoms with E-state index in [4.69, 9.17) is 4.42 Å². The molecule has 6 heteroatoms. The van der Waals surface area contributed by atoms with E-state index >= 15 is 0 Å². The van der Waals surface area contributed by atoms with Crippen molar-refractivity contribution in [1.29, 1.82) is 0 Å². The van der Waals surface area contributed by atoms with Crippen molar-refractivity contribution in [2.24, 2.45) is 0 Å². The Bertz CT molecular complexity index is 852. The van der Waals surface area contributed by atoms with Gasteiger partial charge in [-0.15, -0.1) is 0 Å². The third kappa shape index (κ3) is 3.20. The van der Waals surface area contributed by atoms with Crippen LogP contribution in [0.5, 0.6) is 0 Å². The van der Waals surface area contributed by atoms with E-state index in [1.165, 1.54) is 6.39 Å². The van der Waals surface area contributed by atoms with E-state index in [2.05, 4.69) is 10.1 Å². The van der Waals surface area contributed by atoms with Crippen molar-refractivity contribution >= 4 is 5.91 Å². The fraction of sp³-hybridized carbons (Fsp3) is 0.316. The van der Waals surface area contributed by atoms with E-state index in [1.807, 2.05) is 53.2 Å². The molecule has 1 saturated heterocycles.